The van der Waals surface area contributed by atoms with Crippen LogP contribution < -0.4 is 10.9 Å². The van der Waals surface area contributed by atoms with Gasteiger partial charge in [0, 0.05) is 24.9 Å². The lowest BCUT2D eigenvalue weighted by molar-refractivity contribution is 0.0783. The fourth-order valence-corrected chi connectivity index (χ4v) is 3.75. The van der Waals surface area contributed by atoms with Crippen LogP contribution in [0.15, 0.2) is 47.3 Å². The molecule has 30 heavy (non-hydrogen) atoms. The highest BCUT2D eigenvalue weighted by molar-refractivity contribution is 5.95. The van der Waals surface area contributed by atoms with Gasteiger partial charge in [0.25, 0.3) is 11.5 Å². The van der Waals surface area contributed by atoms with E-state index in [1.54, 1.807) is 24.3 Å². The van der Waals surface area contributed by atoms with Crippen molar-refractivity contribution in [1.82, 2.24) is 20.4 Å². The number of aromatic nitrogens is 2. The number of carboxylic acid groups (broad SMARTS) is 1. The van der Waals surface area contributed by atoms with Gasteiger partial charge < -0.3 is 15.3 Å². The van der Waals surface area contributed by atoms with Crippen LogP contribution in [0, 0.1) is 5.82 Å². The maximum absolute atomic E-state index is 14.4. The lowest BCUT2D eigenvalue weighted by Crippen LogP contribution is -2.37. The van der Waals surface area contributed by atoms with Crippen molar-refractivity contribution in [3.05, 3.63) is 75.5 Å². The summed E-state index contributed by atoms with van der Waals surface area (Å²) in [6.07, 6.45) is -0.364. The molecule has 0 bridgehead atoms. The predicted octanol–water partition coefficient (Wildman–Crippen LogP) is 2.14. The predicted molar refractivity (Wildman–Crippen MR) is 107 cm³/mol. The number of hydrogen-bond acceptors (Lipinski definition) is 4. The zero-order valence-electron chi connectivity index (χ0n) is 15.9. The van der Waals surface area contributed by atoms with E-state index in [1.165, 1.54) is 17.0 Å². The van der Waals surface area contributed by atoms with Crippen LogP contribution in [0.25, 0.3) is 10.8 Å². The highest BCUT2D eigenvalue weighted by atomic mass is 19.1. The second kappa shape index (κ2) is 7.94. The molecule has 1 fully saturated rings. The number of benzene rings is 2. The molecule has 2 heterocycles. The molecule has 2 amide bonds. The number of fused-ring (bicyclic) bond motifs is 1. The average Bonchev–Trinajstić information content (AvgIpc) is 3.19. The summed E-state index contributed by atoms with van der Waals surface area (Å²) in [7, 11) is 0. The van der Waals surface area contributed by atoms with Crippen molar-refractivity contribution in [2.75, 3.05) is 13.1 Å². The quantitative estimate of drug-likeness (QED) is 0.610. The number of halogens is 1. The van der Waals surface area contributed by atoms with Gasteiger partial charge in [-0.15, -0.1) is 0 Å². The van der Waals surface area contributed by atoms with Crippen LogP contribution in [0.2, 0.25) is 0 Å². The Balaban J connectivity index is 1.59. The van der Waals surface area contributed by atoms with Crippen molar-refractivity contribution >= 4 is 22.8 Å². The number of carbonyl (C=O) groups is 2. The van der Waals surface area contributed by atoms with E-state index in [0.29, 0.717) is 41.4 Å². The molecule has 1 unspecified atom stereocenters. The summed E-state index contributed by atoms with van der Waals surface area (Å²) in [5.74, 6) is -1.12. The van der Waals surface area contributed by atoms with Crippen molar-refractivity contribution in [1.29, 1.82) is 0 Å². The first-order chi connectivity index (χ1) is 14.4. The van der Waals surface area contributed by atoms with Gasteiger partial charge in [-0.2, -0.15) is 5.10 Å². The second-order valence-electron chi connectivity index (χ2n) is 7.22. The van der Waals surface area contributed by atoms with Crippen molar-refractivity contribution in [2.24, 2.45) is 0 Å². The number of H-pyrrole nitrogens is 1. The minimum Gasteiger partial charge on any atom is -0.465 e. The molecule has 0 saturated carbocycles. The summed E-state index contributed by atoms with van der Waals surface area (Å²) in [6.45, 7) is 0.542. The van der Waals surface area contributed by atoms with E-state index in [-0.39, 0.29) is 23.7 Å². The molecule has 9 heteroatoms. The standard InChI is InChI=1S/C21H19FN4O4/c22-17-6-5-12(10-18-14-3-1-2-4-15(14)19(27)25-24-18)9-16(17)20(28)26-8-7-13(11-26)23-21(29)30/h1-6,9,13,23H,7-8,10-11H2,(H,25,27)(H,29,30). The van der Waals surface area contributed by atoms with Crippen molar-refractivity contribution in [2.45, 2.75) is 18.9 Å². The van der Waals surface area contributed by atoms with Gasteiger partial charge in [0.1, 0.15) is 5.82 Å². The summed E-state index contributed by atoms with van der Waals surface area (Å²) in [5, 5.41) is 19.0. The number of amides is 2. The van der Waals surface area contributed by atoms with Gasteiger partial charge >= 0.3 is 6.09 Å². The third-order valence-corrected chi connectivity index (χ3v) is 5.21. The average molecular weight is 410 g/mol. The number of carbonyl (C=O) groups excluding carboxylic acids is 1. The first kappa shape index (κ1) is 19.6. The number of aromatic amines is 1. The Morgan fingerprint density at radius 1 is 1.23 bits per heavy atom. The Kier molecular flexibility index (Phi) is 5.18. The first-order valence-electron chi connectivity index (χ1n) is 9.46. The fraction of sp³-hybridized carbons (Fsp3) is 0.238. The van der Waals surface area contributed by atoms with E-state index in [9.17, 15) is 18.8 Å². The number of nitrogens with zero attached hydrogens (tertiary/aromatic N) is 2. The third-order valence-electron chi connectivity index (χ3n) is 5.21. The zero-order valence-corrected chi connectivity index (χ0v) is 15.9. The molecular formula is C21H19FN4O4. The molecule has 0 aliphatic carbocycles. The first-order valence-corrected chi connectivity index (χ1v) is 9.46. The lowest BCUT2D eigenvalue weighted by Gasteiger charge is -2.17. The normalized spacial score (nSPS) is 16.0. The van der Waals surface area contributed by atoms with Gasteiger partial charge in [0.15, 0.2) is 0 Å². The van der Waals surface area contributed by atoms with Gasteiger partial charge in [-0.1, -0.05) is 24.3 Å². The molecule has 154 valence electrons. The van der Waals surface area contributed by atoms with Crippen LogP contribution in [0.3, 0.4) is 0 Å². The number of rotatable bonds is 4. The molecule has 2 aromatic carbocycles. The molecule has 1 aromatic heterocycles. The van der Waals surface area contributed by atoms with E-state index in [1.807, 2.05) is 6.07 Å². The summed E-state index contributed by atoms with van der Waals surface area (Å²) in [5.41, 5.74) is 0.922. The SMILES string of the molecule is O=C(O)NC1CCN(C(=O)c2cc(Cc3n[nH]c(=O)c4ccccc34)ccc2F)C1. The summed E-state index contributed by atoms with van der Waals surface area (Å²) in [4.78, 5) is 37.0. The maximum atomic E-state index is 14.4. The minimum atomic E-state index is -1.15. The monoisotopic (exact) mass is 410 g/mol. The van der Waals surface area contributed by atoms with Crippen LogP contribution in [-0.2, 0) is 6.42 Å². The smallest absolute Gasteiger partial charge is 0.404 e. The maximum Gasteiger partial charge on any atom is 0.404 e. The van der Waals surface area contributed by atoms with Crippen LogP contribution in [-0.4, -0.2) is 51.3 Å². The zero-order chi connectivity index (χ0) is 21.3. The number of likely N-dealkylation sites (tertiary alicyclic amines) is 1. The van der Waals surface area contributed by atoms with Crippen molar-refractivity contribution < 1.29 is 19.1 Å². The molecule has 4 rings (SSSR count). The Hall–Kier alpha value is -3.75. The van der Waals surface area contributed by atoms with Gasteiger partial charge in [0.2, 0.25) is 0 Å². The largest absolute Gasteiger partial charge is 0.465 e. The Morgan fingerprint density at radius 2 is 2.00 bits per heavy atom. The highest BCUT2D eigenvalue weighted by Crippen LogP contribution is 2.21. The van der Waals surface area contributed by atoms with Crippen molar-refractivity contribution in [3.63, 3.8) is 0 Å². The van der Waals surface area contributed by atoms with Gasteiger partial charge in [0.05, 0.1) is 22.7 Å². The Bertz CT molecular complexity index is 1190. The van der Waals surface area contributed by atoms with E-state index < -0.39 is 17.8 Å². The van der Waals surface area contributed by atoms with E-state index in [0.717, 1.165) is 0 Å². The van der Waals surface area contributed by atoms with E-state index >= 15 is 0 Å². The number of nitrogens with one attached hydrogen (secondary N) is 2. The number of hydrogen-bond donors (Lipinski definition) is 3. The Morgan fingerprint density at radius 3 is 2.77 bits per heavy atom. The minimum absolute atomic E-state index is 0.0720. The van der Waals surface area contributed by atoms with Crippen LogP contribution in [0.1, 0.15) is 28.0 Å². The molecule has 3 N–H and O–H groups in total. The summed E-state index contributed by atoms with van der Waals surface area (Å²) < 4.78 is 14.4. The highest BCUT2D eigenvalue weighted by Gasteiger charge is 2.29. The topological polar surface area (TPSA) is 115 Å². The van der Waals surface area contributed by atoms with E-state index in [4.69, 9.17) is 5.11 Å². The Labute approximate surface area is 170 Å². The van der Waals surface area contributed by atoms with Gasteiger partial charge in [-0.25, -0.2) is 14.3 Å². The lowest BCUT2D eigenvalue weighted by atomic mass is 10.0. The van der Waals surface area contributed by atoms with Crippen LogP contribution in [0.4, 0.5) is 9.18 Å². The van der Waals surface area contributed by atoms with Gasteiger partial charge in [-0.05, 0) is 30.2 Å². The molecular weight excluding hydrogens is 391 g/mol. The molecule has 0 radical (unpaired) electrons. The van der Waals surface area contributed by atoms with Crippen molar-refractivity contribution in [3.8, 4) is 0 Å². The third kappa shape index (κ3) is 3.86. The van der Waals surface area contributed by atoms with Crippen LogP contribution >= 0.6 is 0 Å². The molecule has 0 spiro atoms. The molecule has 1 saturated heterocycles. The second-order valence-corrected chi connectivity index (χ2v) is 7.22. The molecule has 3 aromatic rings. The molecule has 8 nitrogen and oxygen atoms in total. The van der Waals surface area contributed by atoms with Gasteiger partial charge in [-0.3, -0.25) is 9.59 Å². The van der Waals surface area contributed by atoms with E-state index in [2.05, 4.69) is 15.5 Å². The summed E-state index contributed by atoms with van der Waals surface area (Å²) in [6, 6.07) is 11.0. The molecule has 1 aliphatic rings. The molecule has 1 aliphatic heterocycles. The van der Waals surface area contributed by atoms with Crippen LogP contribution in [0.5, 0.6) is 0 Å². The molecule has 1 atom stereocenters. The summed E-state index contributed by atoms with van der Waals surface area (Å²) >= 11 is 0. The fourth-order valence-electron chi connectivity index (χ4n) is 3.75.